The number of carbonyl (C=O) groups is 1. The number of fused-ring (bicyclic) bond motifs is 2. The van der Waals surface area contributed by atoms with Gasteiger partial charge in [-0.05, 0) is 63.8 Å². The van der Waals surface area contributed by atoms with E-state index < -0.39 is 0 Å². The van der Waals surface area contributed by atoms with Crippen LogP contribution >= 0.6 is 11.6 Å². The van der Waals surface area contributed by atoms with Crippen molar-refractivity contribution in [3.63, 3.8) is 0 Å². The third-order valence-electron chi connectivity index (χ3n) is 6.52. The second kappa shape index (κ2) is 7.61. The Morgan fingerprint density at radius 2 is 1.97 bits per heavy atom. The number of benzene rings is 1. The number of urea groups is 1. The van der Waals surface area contributed by atoms with Crippen LogP contribution in [0, 0.1) is 0 Å². The van der Waals surface area contributed by atoms with Gasteiger partial charge in [-0.3, -0.25) is 0 Å². The Morgan fingerprint density at radius 1 is 1.21 bits per heavy atom. The van der Waals surface area contributed by atoms with Crippen LogP contribution in [0.1, 0.15) is 56.7 Å². The summed E-state index contributed by atoms with van der Waals surface area (Å²) >= 11 is 6.18. The molecule has 1 aromatic heterocycles. The molecule has 3 aliphatic rings. The molecule has 3 fully saturated rings. The van der Waals surface area contributed by atoms with Gasteiger partial charge < -0.3 is 20.1 Å². The number of hydrogen-bond acceptors (Lipinski definition) is 5. The number of amides is 2. The summed E-state index contributed by atoms with van der Waals surface area (Å²) < 4.78 is 5.44. The molecule has 3 heterocycles. The van der Waals surface area contributed by atoms with Crippen molar-refractivity contribution in [3.8, 4) is 11.5 Å². The highest BCUT2D eigenvalue weighted by Crippen LogP contribution is 2.40. The molecule has 7 nitrogen and oxygen atoms in total. The van der Waals surface area contributed by atoms with Crippen LogP contribution in [0.5, 0.6) is 0 Å². The minimum Gasteiger partial charge on any atom is -0.335 e. The van der Waals surface area contributed by atoms with Gasteiger partial charge in [0.05, 0.1) is 11.3 Å². The average molecular weight is 416 g/mol. The topological polar surface area (TPSA) is 83.3 Å². The molecule has 1 aliphatic carbocycles. The minimum absolute atomic E-state index is 0.189. The number of carbonyl (C=O) groups excluding carboxylic acids is 1. The zero-order valence-corrected chi connectivity index (χ0v) is 17.3. The summed E-state index contributed by atoms with van der Waals surface area (Å²) in [5.41, 5.74) is 1.26. The molecular weight excluding hydrogens is 390 g/mol. The molecule has 0 unspecified atom stereocenters. The molecule has 2 N–H and O–H groups in total. The lowest BCUT2D eigenvalue weighted by Crippen LogP contribution is -2.55. The highest BCUT2D eigenvalue weighted by atomic mass is 35.5. The van der Waals surface area contributed by atoms with Gasteiger partial charge in [-0.1, -0.05) is 23.2 Å². The largest absolute Gasteiger partial charge is 0.335 e. The molecular formula is C21H26ClN5O2. The predicted octanol–water partition coefficient (Wildman–Crippen LogP) is 4.40. The third-order valence-corrected chi connectivity index (χ3v) is 6.75. The van der Waals surface area contributed by atoms with Crippen LogP contribution in [0.3, 0.4) is 0 Å². The molecule has 2 saturated heterocycles. The number of rotatable bonds is 4. The number of nitrogens with zero attached hydrogens (tertiary/aromatic N) is 3. The van der Waals surface area contributed by atoms with E-state index >= 15 is 0 Å². The average Bonchev–Trinajstić information content (AvgIpc) is 3.40. The van der Waals surface area contributed by atoms with E-state index in [2.05, 4.69) is 32.7 Å². The van der Waals surface area contributed by atoms with Crippen molar-refractivity contribution in [2.75, 3.05) is 12.4 Å². The number of hydrogen-bond donors (Lipinski definition) is 2. The van der Waals surface area contributed by atoms with E-state index in [1.54, 1.807) is 12.1 Å². The number of aromatic nitrogens is 2. The first-order valence-corrected chi connectivity index (χ1v) is 10.9. The van der Waals surface area contributed by atoms with Crippen LogP contribution in [0.25, 0.3) is 11.5 Å². The molecule has 1 saturated carbocycles. The van der Waals surface area contributed by atoms with Crippen LogP contribution in [-0.4, -0.2) is 46.2 Å². The van der Waals surface area contributed by atoms with E-state index in [1.807, 2.05) is 6.07 Å². The Hall–Kier alpha value is -2.12. The van der Waals surface area contributed by atoms with Crippen LogP contribution < -0.4 is 10.6 Å². The first kappa shape index (κ1) is 18.9. The van der Waals surface area contributed by atoms with Crippen molar-refractivity contribution in [2.45, 2.75) is 69.0 Å². The van der Waals surface area contributed by atoms with E-state index in [0.717, 1.165) is 31.5 Å². The molecule has 29 heavy (non-hydrogen) atoms. The lowest BCUT2D eigenvalue weighted by Gasteiger charge is -2.47. The maximum absolute atomic E-state index is 12.8. The maximum atomic E-state index is 12.8. The van der Waals surface area contributed by atoms with Crippen LogP contribution in [0.2, 0.25) is 5.02 Å². The van der Waals surface area contributed by atoms with Gasteiger partial charge in [0.15, 0.2) is 5.82 Å². The fraction of sp³-hybridized carbons (Fsp3) is 0.571. The van der Waals surface area contributed by atoms with Gasteiger partial charge >= 0.3 is 6.03 Å². The van der Waals surface area contributed by atoms with E-state index in [9.17, 15) is 4.79 Å². The molecule has 2 aromatic rings. The summed E-state index contributed by atoms with van der Waals surface area (Å²) in [6.45, 7) is 0. The maximum Gasteiger partial charge on any atom is 0.319 e. The quantitative estimate of drug-likeness (QED) is 0.773. The number of piperidine rings is 2. The van der Waals surface area contributed by atoms with E-state index in [0.29, 0.717) is 40.2 Å². The number of halogens is 1. The van der Waals surface area contributed by atoms with Gasteiger partial charge in [0.25, 0.3) is 5.89 Å². The Balaban J connectivity index is 1.29. The summed E-state index contributed by atoms with van der Waals surface area (Å²) in [7, 11) is 2.21. The second-order valence-corrected chi connectivity index (χ2v) is 9.03. The van der Waals surface area contributed by atoms with E-state index in [-0.39, 0.29) is 12.1 Å². The molecule has 8 heteroatoms. The number of anilines is 1. The van der Waals surface area contributed by atoms with Crippen molar-refractivity contribution in [1.82, 2.24) is 20.4 Å². The van der Waals surface area contributed by atoms with Crippen LogP contribution in [0.15, 0.2) is 22.7 Å². The summed E-state index contributed by atoms with van der Waals surface area (Å²) in [5, 5.41) is 10.7. The molecule has 2 aliphatic heterocycles. The second-order valence-electron chi connectivity index (χ2n) is 8.59. The molecule has 1 aromatic carbocycles. The van der Waals surface area contributed by atoms with E-state index in [4.69, 9.17) is 16.1 Å². The van der Waals surface area contributed by atoms with Crippen molar-refractivity contribution in [3.05, 3.63) is 29.0 Å². The van der Waals surface area contributed by atoms with Gasteiger partial charge in [-0.2, -0.15) is 4.98 Å². The molecule has 3 atom stereocenters. The fourth-order valence-electron chi connectivity index (χ4n) is 4.74. The Morgan fingerprint density at radius 3 is 2.69 bits per heavy atom. The van der Waals surface area contributed by atoms with Crippen LogP contribution in [0.4, 0.5) is 10.5 Å². The smallest absolute Gasteiger partial charge is 0.319 e. The normalized spacial score (nSPS) is 26.9. The zero-order chi connectivity index (χ0) is 20.0. The highest BCUT2D eigenvalue weighted by Gasteiger charge is 2.36. The zero-order valence-electron chi connectivity index (χ0n) is 16.5. The lowest BCUT2D eigenvalue weighted by atomic mass is 9.82. The molecule has 2 amide bonds. The molecule has 154 valence electrons. The molecule has 5 rings (SSSR count). The van der Waals surface area contributed by atoms with Crippen molar-refractivity contribution in [2.24, 2.45) is 0 Å². The Labute approximate surface area is 175 Å². The fourth-order valence-corrected chi connectivity index (χ4v) is 4.91. The van der Waals surface area contributed by atoms with Gasteiger partial charge in [0, 0.05) is 29.1 Å². The molecule has 0 radical (unpaired) electrons. The van der Waals surface area contributed by atoms with Crippen LogP contribution in [-0.2, 0) is 0 Å². The highest BCUT2D eigenvalue weighted by molar-refractivity contribution is 6.31. The lowest BCUT2D eigenvalue weighted by molar-refractivity contribution is 0.0513. The third kappa shape index (κ3) is 3.98. The Bertz CT molecular complexity index is 898. The SMILES string of the molecule is CN1[C@@H]2CCC[C@H]1C[C@@H](NC(=O)Nc1cc(Cl)ccc1-c1nc(C3CC3)no1)C2. The van der Waals surface area contributed by atoms with E-state index in [1.165, 1.54) is 19.3 Å². The summed E-state index contributed by atoms with van der Waals surface area (Å²) in [5.74, 6) is 1.55. The summed E-state index contributed by atoms with van der Waals surface area (Å²) in [6.07, 6.45) is 7.92. The molecule has 2 bridgehead atoms. The molecule has 0 spiro atoms. The monoisotopic (exact) mass is 415 g/mol. The van der Waals surface area contributed by atoms with Crippen molar-refractivity contribution in [1.29, 1.82) is 0 Å². The first-order chi connectivity index (χ1) is 14.1. The number of nitrogens with one attached hydrogen (secondary N) is 2. The summed E-state index contributed by atoms with van der Waals surface area (Å²) in [4.78, 5) is 19.7. The van der Waals surface area contributed by atoms with Crippen molar-refractivity contribution < 1.29 is 9.32 Å². The van der Waals surface area contributed by atoms with Crippen molar-refractivity contribution >= 4 is 23.3 Å². The van der Waals surface area contributed by atoms with Gasteiger partial charge in [0.2, 0.25) is 0 Å². The Kier molecular flexibility index (Phi) is 4.95. The summed E-state index contributed by atoms with van der Waals surface area (Å²) in [6, 6.07) is 6.39. The van der Waals surface area contributed by atoms with Gasteiger partial charge in [-0.15, -0.1) is 0 Å². The minimum atomic E-state index is -0.219. The van der Waals surface area contributed by atoms with Gasteiger partial charge in [0.1, 0.15) is 0 Å². The first-order valence-electron chi connectivity index (χ1n) is 10.5. The predicted molar refractivity (Wildman–Crippen MR) is 111 cm³/mol. The van der Waals surface area contributed by atoms with Gasteiger partial charge in [-0.25, -0.2) is 4.79 Å². The standard InChI is InChI=1S/C21H26ClN5O2/c1-27-15-3-2-4-16(27)11-14(10-15)23-21(28)24-18-9-13(22)7-8-17(18)20-25-19(26-29-20)12-5-6-12/h7-9,12,14-16H,2-6,10-11H2,1H3,(H2,23,24,28)/t14-,15+,16-.